The molecule has 1 aliphatic rings. The van der Waals surface area contributed by atoms with Crippen molar-refractivity contribution in [3.05, 3.63) is 58.2 Å². The van der Waals surface area contributed by atoms with Gasteiger partial charge in [-0.25, -0.2) is 0 Å². The number of hydrogen-bond acceptors (Lipinski definition) is 1. The van der Waals surface area contributed by atoms with E-state index in [1.54, 1.807) is 0 Å². The fourth-order valence-corrected chi connectivity index (χ4v) is 1.77. The fourth-order valence-electron chi connectivity index (χ4n) is 1.51. The van der Waals surface area contributed by atoms with E-state index >= 15 is 0 Å². The van der Waals surface area contributed by atoms with Gasteiger partial charge in [0.1, 0.15) is 0 Å². The van der Waals surface area contributed by atoms with Crippen LogP contribution in [0.25, 0.3) is 0 Å². The summed E-state index contributed by atoms with van der Waals surface area (Å²) >= 11 is 3.37. The fraction of sp³-hybridized carbons (Fsp3) is 0.267. The minimum absolute atomic E-state index is 0.696. The molecule has 0 atom stereocenters. The molecule has 1 amide bonds. The van der Waals surface area contributed by atoms with Crippen molar-refractivity contribution in [3.8, 4) is 0 Å². The number of nitrogens with one attached hydrogen (secondary N) is 1. The highest BCUT2D eigenvalue weighted by atomic mass is 79.9. The standard InChI is InChI=1S/C8H9Br.C7H9NO/c1-2-7-3-5-8(9)6-4-7;9-6-8-7-4-2-1-3-5-7/h3-6H,2H2,1H3;2,4-6H,1,3H2,(H,8,9). The lowest BCUT2D eigenvalue weighted by Gasteiger charge is -2.02. The maximum absolute atomic E-state index is 9.89. The van der Waals surface area contributed by atoms with E-state index in [0.717, 1.165) is 29.4 Å². The van der Waals surface area contributed by atoms with Crippen LogP contribution in [0.1, 0.15) is 25.3 Å². The van der Waals surface area contributed by atoms with Gasteiger partial charge in [0, 0.05) is 10.2 Å². The quantitative estimate of drug-likeness (QED) is 0.841. The maximum atomic E-state index is 9.89. The Balaban J connectivity index is 0.000000180. The Morgan fingerprint density at radius 1 is 1.28 bits per heavy atom. The third-order valence-electron chi connectivity index (χ3n) is 2.54. The zero-order valence-electron chi connectivity index (χ0n) is 10.5. The van der Waals surface area contributed by atoms with Crippen molar-refractivity contribution in [2.24, 2.45) is 0 Å². The van der Waals surface area contributed by atoms with Gasteiger partial charge >= 0.3 is 0 Å². The van der Waals surface area contributed by atoms with Crippen molar-refractivity contribution >= 4 is 22.3 Å². The first kappa shape index (κ1) is 14.7. The van der Waals surface area contributed by atoms with Crippen molar-refractivity contribution in [3.63, 3.8) is 0 Å². The minimum Gasteiger partial charge on any atom is -0.329 e. The first-order chi connectivity index (χ1) is 8.76. The Labute approximate surface area is 117 Å². The highest BCUT2D eigenvalue weighted by Gasteiger charge is 1.92. The Bertz CT molecular complexity index is 421. The third kappa shape index (κ3) is 5.82. The van der Waals surface area contributed by atoms with Crippen LogP contribution in [0, 0.1) is 0 Å². The molecule has 0 saturated carbocycles. The summed E-state index contributed by atoms with van der Waals surface area (Å²) in [5, 5.41) is 2.58. The number of amides is 1. The summed E-state index contributed by atoms with van der Waals surface area (Å²) in [6.45, 7) is 2.16. The van der Waals surface area contributed by atoms with Gasteiger partial charge < -0.3 is 5.32 Å². The van der Waals surface area contributed by atoms with E-state index in [9.17, 15) is 4.79 Å². The number of rotatable bonds is 3. The Hall–Kier alpha value is -1.35. The Kier molecular flexibility index (Phi) is 7.11. The second-order valence-electron chi connectivity index (χ2n) is 3.88. The van der Waals surface area contributed by atoms with E-state index in [2.05, 4.69) is 52.4 Å². The first-order valence-electron chi connectivity index (χ1n) is 6.07. The van der Waals surface area contributed by atoms with E-state index in [1.807, 2.05) is 18.2 Å². The molecule has 0 radical (unpaired) electrons. The summed E-state index contributed by atoms with van der Waals surface area (Å²) in [5.41, 5.74) is 2.30. The molecule has 2 rings (SSSR count). The van der Waals surface area contributed by atoms with Gasteiger partial charge in [0.05, 0.1) is 0 Å². The summed E-state index contributed by atoms with van der Waals surface area (Å²) < 4.78 is 1.15. The van der Waals surface area contributed by atoms with Crippen LogP contribution in [0.4, 0.5) is 0 Å². The molecular weight excluding hydrogens is 290 g/mol. The van der Waals surface area contributed by atoms with Gasteiger partial charge in [-0.05, 0) is 43.0 Å². The Morgan fingerprint density at radius 2 is 2.00 bits per heavy atom. The van der Waals surface area contributed by atoms with Crippen LogP contribution < -0.4 is 5.32 Å². The van der Waals surface area contributed by atoms with Crippen LogP contribution in [0.5, 0.6) is 0 Å². The van der Waals surface area contributed by atoms with Gasteiger partial charge in [-0.15, -0.1) is 0 Å². The number of allylic oxidation sites excluding steroid dienone is 3. The molecule has 2 nitrogen and oxygen atoms in total. The summed E-state index contributed by atoms with van der Waals surface area (Å²) in [7, 11) is 0. The van der Waals surface area contributed by atoms with Crippen LogP contribution in [0.15, 0.2) is 52.7 Å². The highest BCUT2D eigenvalue weighted by molar-refractivity contribution is 9.10. The van der Waals surface area contributed by atoms with Crippen molar-refractivity contribution in [2.75, 3.05) is 0 Å². The molecule has 0 aliphatic heterocycles. The molecule has 96 valence electrons. The predicted molar refractivity (Wildman–Crippen MR) is 79.2 cm³/mol. The van der Waals surface area contributed by atoms with Gasteiger partial charge in [-0.3, -0.25) is 4.79 Å². The van der Waals surface area contributed by atoms with Crippen LogP contribution in [-0.2, 0) is 11.2 Å². The molecule has 3 heteroatoms. The average molecular weight is 308 g/mol. The summed E-state index contributed by atoms with van der Waals surface area (Å²) in [5.74, 6) is 0. The van der Waals surface area contributed by atoms with Gasteiger partial charge in [-0.2, -0.15) is 0 Å². The lowest BCUT2D eigenvalue weighted by atomic mass is 10.1. The number of halogens is 1. The molecule has 0 aromatic heterocycles. The SMILES string of the molecule is CCc1ccc(Br)cc1.O=CNC1=CCCC=C1. The number of carbonyl (C=O) groups excluding carboxylic acids is 1. The van der Waals surface area contributed by atoms with Crippen molar-refractivity contribution < 1.29 is 4.79 Å². The smallest absolute Gasteiger partial charge is 0.211 e. The van der Waals surface area contributed by atoms with E-state index in [0.29, 0.717) is 6.41 Å². The molecule has 1 aliphatic carbocycles. The second-order valence-corrected chi connectivity index (χ2v) is 4.80. The molecule has 0 heterocycles. The first-order valence-corrected chi connectivity index (χ1v) is 6.87. The van der Waals surface area contributed by atoms with E-state index in [-0.39, 0.29) is 0 Å². The topological polar surface area (TPSA) is 29.1 Å². The Morgan fingerprint density at radius 3 is 2.50 bits per heavy atom. The predicted octanol–water partition coefficient (Wildman–Crippen LogP) is 3.98. The van der Waals surface area contributed by atoms with Crippen LogP contribution >= 0.6 is 15.9 Å². The lowest BCUT2D eigenvalue weighted by molar-refractivity contribution is -0.108. The molecule has 1 aromatic rings. The molecule has 0 unspecified atom stereocenters. The molecule has 1 aromatic carbocycles. The summed E-state index contributed by atoms with van der Waals surface area (Å²) in [6, 6.07) is 8.39. The minimum atomic E-state index is 0.696. The van der Waals surface area contributed by atoms with Crippen LogP contribution in [0.2, 0.25) is 0 Å². The van der Waals surface area contributed by atoms with E-state index < -0.39 is 0 Å². The van der Waals surface area contributed by atoms with Crippen LogP contribution in [-0.4, -0.2) is 6.41 Å². The molecule has 18 heavy (non-hydrogen) atoms. The molecule has 1 N–H and O–H groups in total. The van der Waals surface area contributed by atoms with Gasteiger partial charge in [-0.1, -0.05) is 47.1 Å². The number of carbonyl (C=O) groups is 1. The maximum Gasteiger partial charge on any atom is 0.211 e. The van der Waals surface area contributed by atoms with Crippen molar-refractivity contribution in [1.82, 2.24) is 5.32 Å². The zero-order chi connectivity index (χ0) is 13.2. The largest absolute Gasteiger partial charge is 0.329 e. The highest BCUT2D eigenvalue weighted by Crippen LogP contribution is 2.10. The van der Waals surface area contributed by atoms with Gasteiger partial charge in [0.25, 0.3) is 0 Å². The second kappa shape index (κ2) is 8.70. The lowest BCUT2D eigenvalue weighted by Crippen LogP contribution is -2.08. The van der Waals surface area contributed by atoms with Crippen molar-refractivity contribution in [1.29, 1.82) is 0 Å². The molecular formula is C15H18BrNO. The number of aryl methyl sites for hydroxylation is 1. The van der Waals surface area contributed by atoms with Gasteiger partial charge in [0.15, 0.2) is 0 Å². The van der Waals surface area contributed by atoms with Gasteiger partial charge in [0.2, 0.25) is 6.41 Å². The van der Waals surface area contributed by atoms with Crippen molar-refractivity contribution in [2.45, 2.75) is 26.2 Å². The van der Waals surface area contributed by atoms with E-state index in [1.165, 1.54) is 5.56 Å². The molecule has 0 saturated heterocycles. The molecule has 0 spiro atoms. The summed E-state index contributed by atoms with van der Waals surface area (Å²) in [6.07, 6.45) is 9.91. The monoisotopic (exact) mass is 307 g/mol. The van der Waals surface area contributed by atoms with E-state index in [4.69, 9.17) is 0 Å². The number of benzene rings is 1. The van der Waals surface area contributed by atoms with Crippen LogP contribution in [0.3, 0.4) is 0 Å². The number of hydrogen-bond donors (Lipinski definition) is 1. The average Bonchev–Trinajstić information content (AvgIpc) is 2.42. The molecule has 0 fully saturated rings. The normalized spacial score (nSPS) is 13.1. The molecule has 0 bridgehead atoms. The third-order valence-corrected chi connectivity index (χ3v) is 3.07. The summed E-state index contributed by atoms with van der Waals surface area (Å²) in [4.78, 5) is 9.89. The zero-order valence-corrected chi connectivity index (χ0v) is 12.1.